The van der Waals surface area contributed by atoms with Crippen LogP contribution in [0.15, 0.2) is 22.8 Å². The molecule has 1 aliphatic carbocycles. The first-order valence-corrected chi connectivity index (χ1v) is 5.06. The maximum atomic E-state index is 6.11. The molecule has 2 N–H and O–H groups in total. The van der Waals surface area contributed by atoms with Gasteiger partial charge in [0.25, 0.3) is 0 Å². The fourth-order valence-corrected chi connectivity index (χ4v) is 2.29. The second-order valence-electron chi connectivity index (χ2n) is 4.22. The van der Waals surface area contributed by atoms with Crippen LogP contribution in [0, 0.1) is 11.8 Å². The number of nitrogens with two attached hydrogens (primary N) is 1. The second kappa shape index (κ2) is 3.54. The van der Waals surface area contributed by atoms with Gasteiger partial charge in [-0.3, -0.25) is 0 Å². The van der Waals surface area contributed by atoms with Crippen LogP contribution < -0.4 is 5.73 Å². The van der Waals surface area contributed by atoms with Crippen LogP contribution in [0.5, 0.6) is 0 Å². The van der Waals surface area contributed by atoms with Gasteiger partial charge < -0.3 is 10.2 Å². The van der Waals surface area contributed by atoms with Crippen molar-refractivity contribution >= 4 is 0 Å². The van der Waals surface area contributed by atoms with Crippen molar-refractivity contribution in [3.05, 3.63) is 24.2 Å². The molecule has 0 spiro atoms. The lowest BCUT2D eigenvalue weighted by molar-refractivity contribution is 0.362. The summed E-state index contributed by atoms with van der Waals surface area (Å²) < 4.78 is 5.32. The van der Waals surface area contributed by atoms with Crippen molar-refractivity contribution in [2.24, 2.45) is 17.6 Å². The molecule has 2 heteroatoms. The van der Waals surface area contributed by atoms with Crippen LogP contribution in [0.2, 0.25) is 0 Å². The largest absolute Gasteiger partial charge is 0.468 e. The van der Waals surface area contributed by atoms with E-state index in [-0.39, 0.29) is 6.04 Å². The Labute approximate surface area is 79.1 Å². The van der Waals surface area contributed by atoms with E-state index in [0.717, 1.165) is 11.7 Å². The molecule has 0 aliphatic heterocycles. The van der Waals surface area contributed by atoms with Gasteiger partial charge in [0, 0.05) is 0 Å². The minimum absolute atomic E-state index is 0.111. The molecular formula is C11H17NO. The SMILES string of the molecule is CC1CCC(C(N)c2ccco2)C1. The zero-order valence-corrected chi connectivity index (χ0v) is 8.07. The molecule has 1 saturated carbocycles. The van der Waals surface area contributed by atoms with Gasteiger partial charge in [0.15, 0.2) is 0 Å². The van der Waals surface area contributed by atoms with Gasteiger partial charge >= 0.3 is 0 Å². The molecule has 72 valence electrons. The van der Waals surface area contributed by atoms with Crippen LogP contribution >= 0.6 is 0 Å². The maximum absolute atomic E-state index is 6.11. The fraction of sp³-hybridized carbons (Fsp3) is 0.636. The molecule has 1 aromatic rings. The Kier molecular flexibility index (Phi) is 2.40. The van der Waals surface area contributed by atoms with Crippen LogP contribution in [0.25, 0.3) is 0 Å². The third-order valence-corrected chi connectivity index (χ3v) is 3.11. The smallest absolute Gasteiger partial charge is 0.120 e. The Morgan fingerprint density at radius 1 is 1.54 bits per heavy atom. The lowest BCUT2D eigenvalue weighted by Crippen LogP contribution is -2.18. The normalized spacial score (nSPS) is 30.6. The van der Waals surface area contributed by atoms with Gasteiger partial charge in [0.1, 0.15) is 5.76 Å². The van der Waals surface area contributed by atoms with E-state index < -0.39 is 0 Å². The first kappa shape index (κ1) is 8.82. The molecule has 13 heavy (non-hydrogen) atoms. The summed E-state index contributed by atoms with van der Waals surface area (Å²) in [5, 5.41) is 0. The maximum Gasteiger partial charge on any atom is 0.120 e. The van der Waals surface area contributed by atoms with Crippen LogP contribution in [-0.4, -0.2) is 0 Å². The molecular weight excluding hydrogens is 162 g/mol. The summed E-state index contributed by atoms with van der Waals surface area (Å²) in [6, 6.07) is 4.00. The van der Waals surface area contributed by atoms with E-state index in [2.05, 4.69) is 6.92 Å². The third-order valence-electron chi connectivity index (χ3n) is 3.11. The number of furan rings is 1. The molecule has 2 rings (SSSR count). The minimum Gasteiger partial charge on any atom is -0.468 e. The van der Waals surface area contributed by atoms with Gasteiger partial charge in [-0.25, -0.2) is 0 Å². The highest BCUT2D eigenvalue weighted by Crippen LogP contribution is 2.37. The molecule has 0 amide bonds. The van der Waals surface area contributed by atoms with Crippen molar-refractivity contribution in [3.8, 4) is 0 Å². The monoisotopic (exact) mass is 179 g/mol. The molecule has 1 aromatic heterocycles. The zero-order valence-electron chi connectivity index (χ0n) is 8.07. The third kappa shape index (κ3) is 1.78. The lowest BCUT2D eigenvalue weighted by atomic mass is 9.96. The highest BCUT2D eigenvalue weighted by atomic mass is 16.3. The summed E-state index contributed by atoms with van der Waals surface area (Å²) in [5.41, 5.74) is 6.11. The Hall–Kier alpha value is -0.760. The van der Waals surface area contributed by atoms with Gasteiger partial charge in [0.05, 0.1) is 12.3 Å². The molecule has 2 nitrogen and oxygen atoms in total. The fourth-order valence-electron chi connectivity index (χ4n) is 2.29. The van der Waals surface area contributed by atoms with Crippen LogP contribution in [0.3, 0.4) is 0 Å². The first-order valence-electron chi connectivity index (χ1n) is 5.06. The van der Waals surface area contributed by atoms with Crippen molar-refractivity contribution in [1.29, 1.82) is 0 Å². The van der Waals surface area contributed by atoms with Gasteiger partial charge in [-0.15, -0.1) is 0 Å². The van der Waals surface area contributed by atoms with Crippen molar-refractivity contribution < 1.29 is 4.42 Å². The predicted molar refractivity (Wildman–Crippen MR) is 52.1 cm³/mol. The van der Waals surface area contributed by atoms with E-state index >= 15 is 0 Å². The van der Waals surface area contributed by atoms with Crippen molar-refractivity contribution in [1.82, 2.24) is 0 Å². The molecule has 1 fully saturated rings. The molecule has 0 aromatic carbocycles. The molecule has 1 heterocycles. The summed E-state index contributed by atoms with van der Waals surface area (Å²) in [4.78, 5) is 0. The highest BCUT2D eigenvalue weighted by molar-refractivity contribution is 5.05. The van der Waals surface area contributed by atoms with Crippen LogP contribution in [0.1, 0.15) is 38.0 Å². The molecule has 1 aliphatic rings. The number of rotatable bonds is 2. The molecule has 0 bridgehead atoms. The van der Waals surface area contributed by atoms with Gasteiger partial charge in [-0.1, -0.05) is 13.3 Å². The quantitative estimate of drug-likeness (QED) is 0.758. The Morgan fingerprint density at radius 2 is 2.38 bits per heavy atom. The Morgan fingerprint density at radius 3 is 2.92 bits per heavy atom. The number of hydrogen-bond donors (Lipinski definition) is 1. The van der Waals surface area contributed by atoms with Crippen LogP contribution in [-0.2, 0) is 0 Å². The molecule has 0 radical (unpaired) electrons. The standard InChI is InChI=1S/C11H17NO/c1-8-4-5-9(7-8)11(12)10-3-2-6-13-10/h2-3,6,8-9,11H,4-5,7,12H2,1H3. The van der Waals surface area contributed by atoms with E-state index in [1.165, 1.54) is 19.3 Å². The van der Waals surface area contributed by atoms with E-state index in [0.29, 0.717) is 5.92 Å². The lowest BCUT2D eigenvalue weighted by Gasteiger charge is -2.16. The van der Waals surface area contributed by atoms with E-state index in [1.54, 1.807) is 6.26 Å². The van der Waals surface area contributed by atoms with Crippen molar-refractivity contribution in [3.63, 3.8) is 0 Å². The molecule has 0 saturated heterocycles. The summed E-state index contributed by atoms with van der Waals surface area (Å²) in [7, 11) is 0. The molecule has 3 unspecified atom stereocenters. The van der Waals surface area contributed by atoms with Gasteiger partial charge in [-0.05, 0) is 36.8 Å². The zero-order chi connectivity index (χ0) is 9.26. The predicted octanol–water partition coefficient (Wildman–Crippen LogP) is 2.72. The van der Waals surface area contributed by atoms with Gasteiger partial charge in [-0.2, -0.15) is 0 Å². The van der Waals surface area contributed by atoms with E-state index in [9.17, 15) is 0 Å². The Balaban J connectivity index is 2.02. The topological polar surface area (TPSA) is 39.2 Å². The van der Waals surface area contributed by atoms with Crippen molar-refractivity contribution in [2.45, 2.75) is 32.2 Å². The number of hydrogen-bond acceptors (Lipinski definition) is 2. The summed E-state index contributed by atoms with van der Waals surface area (Å²) in [6.45, 7) is 2.30. The average Bonchev–Trinajstić information content (AvgIpc) is 2.72. The summed E-state index contributed by atoms with van der Waals surface area (Å²) >= 11 is 0. The Bertz CT molecular complexity index is 255. The van der Waals surface area contributed by atoms with Crippen LogP contribution in [0.4, 0.5) is 0 Å². The average molecular weight is 179 g/mol. The molecule has 3 atom stereocenters. The summed E-state index contributed by atoms with van der Waals surface area (Å²) in [6.07, 6.45) is 5.53. The van der Waals surface area contributed by atoms with E-state index in [4.69, 9.17) is 10.2 Å². The first-order chi connectivity index (χ1) is 6.27. The second-order valence-corrected chi connectivity index (χ2v) is 4.22. The summed E-state index contributed by atoms with van der Waals surface area (Å²) in [5.74, 6) is 2.41. The highest BCUT2D eigenvalue weighted by Gasteiger charge is 2.28. The van der Waals surface area contributed by atoms with Crippen molar-refractivity contribution in [2.75, 3.05) is 0 Å². The van der Waals surface area contributed by atoms with Gasteiger partial charge in [0.2, 0.25) is 0 Å². The van der Waals surface area contributed by atoms with E-state index in [1.807, 2.05) is 12.1 Å². The minimum atomic E-state index is 0.111.